The van der Waals surface area contributed by atoms with Gasteiger partial charge in [-0.15, -0.1) is 0 Å². The van der Waals surface area contributed by atoms with Gasteiger partial charge in [0.1, 0.15) is 0 Å². The highest BCUT2D eigenvalue weighted by Crippen LogP contribution is 2.33. The molecule has 7 nitrogen and oxygen atoms in total. The van der Waals surface area contributed by atoms with E-state index in [-0.39, 0.29) is 24.3 Å². The number of hydrogen-bond acceptors (Lipinski definition) is 6. The van der Waals surface area contributed by atoms with E-state index in [2.05, 4.69) is 0 Å². The van der Waals surface area contributed by atoms with E-state index in [0.717, 1.165) is 17.5 Å². The van der Waals surface area contributed by atoms with Gasteiger partial charge in [0.05, 0.1) is 33.8 Å². The summed E-state index contributed by atoms with van der Waals surface area (Å²) in [6, 6.07) is 13.9. The average molecular weight is 441 g/mol. The lowest BCUT2D eigenvalue weighted by atomic mass is 9.98. The summed E-state index contributed by atoms with van der Waals surface area (Å²) in [6.45, 7) is 4.27. The summed E-state index contributed by atoms with van der Waals surface area (Å²) < 4.78 is 15.7. The molecule has 1 heterocycles. The van der Waals surface area contributed by atoms with Crippen LogP contribution >= 0.6 is 0 Å². The number of carbonyl (C=O) groups is 2. The van der Waals surface area contributed by atoms with Crippen LogP contribution in [0.2, 0.25) is 0 Å². The van der Waals surface area contributed by atoms with Gasteiger partial charge in [-0.25, -0.2) is 0 Å². The molecule has 0 spiro atoms. The van der Waals surface area contributed by atoms with Gasteiger partial charge in [-0.3, -0.25) is 14.5 Å². The van der Waals surface area contributed by atoms with Gasteiger partial charge in [0.15, 0.2) is 11.5 Å². The van der Waals surface area contributed by atoms with Crippen molar-refractivity contribution >= 4 is 11.9 Å². The van der Waals surface area contributed by atoms with Crippen LogP contribution in [0.1, 0.15) is 23.6 Å². The minimum atomic E-state index is -0.324. The Kier molecular flexibility index (Phi) is 8.11. The van der Waals surface area contributed by atoms with E-state index in [9.17, 15) is 9.59 Å². The van der Waals surface area contributed by atoms with Crippen LogP contribution in [0, 0.1) is 5.92 Å². The molecule has 3 rings (SSSR count). The molecule has 0 saturated heterocycles. The Morgan fingerprint density at radius 3 is 2.31 bits per heavy atom. The standard InChI is InChI=1S/C25H32N2O5/c1-18(25(29)32-4)14-26(15-19-8-6-5-7-9-19)17-24(28)27-11-10-20-12-22(30-2)23(31-3)13-21(20)16-27/h5-9,12-13,18H,10-11,14-17H2,1-4H3. The molecular formula is C25H32N2O5. The van der Waals surface area contributed by atoms with Crippen molar-refractivity contribution in [3.63, 3.8) is 0 Å². The molecule has 1 atom stereocenters. The SMILES string of the molecule is COC(=O)C(C)CN(CC(=O)N1CCc2cc(OC)c(OC)cc2C1)Cc1ccccc1. The largest absolute Gasteiger partial charge is 0.493 e. The fraction of sp³-hybridized carbons (Fsp3) is 0.440. The molecule has 0 saturated carbocycles. The van der Waals surface area contributed by atoms with Crippen LogP contribution < -0.4 is 9.47 Å². The number of ether oxygens (including phenoxy) is 3. The summed E-state index contributed by atoms with van der Waals surface area (Å²) in [7, 11) is 4.62. The summed E-state index contributed by atoms with van der Waals surface area (Å²) in [5.74, 6) is 0.812. The Bertz CT molecular complexity index is 931. The van der Waals surface area contributed by atoms with Gasteiger partial charge in [-0.2, -0.15) is 0 Å². The number of amides is 1. The first-order valence-corrected chi connectivity index (χ1v) is 10.8. The second kappa shape index (κ2) is 11.0. The van der Waals surface area contributed by atoms with E-state index in [1.54, 1.807) is 14.2 Å². The lowest BCUT2D eigenvalue weighted by molar-refractivity contribution is -0.146. The molecular weight excluding hydrogens is 408 g/mol. The van der Waals surface area contributed by atoms with E-state index in [1.165, 1.54) is 12.7 Å². The van der Waals surface area contributed by atoms with Crippen LogP contribution in [0.15, 0.2) is 42.5 Å². The zero-order valence-corrected chi connectivity index (χ0v) is 19.3. The fourth-order valence-corrected chi connectivity index (χ4v) is 4.08. The molecule has 0 bridgehead atoms. The van der Waals surface area contributed by atoms with E-state index in [0.29, 0.717) is 37.7 Å². The molecule has 7 heteroatoms. The first-order chi connectivity index (χ1) is 15.4. The predicted molar refractivity (Wildman–Crippen MR) is 122 cm³/mol. The van der Waals surface area contributed by atoms with Crippen LogP contribution in [0.4, 0.5) is 0 Å². The van der Waals surface area contributed by atoms with E-state index >= 15 is 0 Å². The molecule has 2 aromatic rings. The number of rotatable bonds is 9. The number of esters is 1. The minimum Gasteiger partial charge on any atom is -0.493 e. The van der Waals surface area contributed by atoms with Gasteiger partial charge in [0, 0.05) is 26.2 Å². The van der Waals surface area contributed by atoms with Crippen molar-refractivity contribution in [1.82, 2.24) is 9.80 Å². The number of nitrogens with zero attached hydrogens (tertiary/aromatic N) is 2. The van der Waals surface area contributed by atoms with Crippen molar-refractivity contribution in [1.29, 1.82) is 0 Å². The third-order valence-electron chi connectivity index (χ3n) is 5.81. The Morgan fingerprint density at radius 2 is 1.69 bits per heavy atom. The van der Waals surface area contributed by atoms with Crippen molar-refractivity contribution < 1.29 is 23.8 Å². The molecule has 0 N–H and O–H groups in total. The summed E-state index contributed by atoms with van der Waals surface area (Å²) in [4.78, 5) is 29.1. The second-order valence-electron chi connectivity index (χ2n) is 8.12. The summed E-state index contributed by atoms with van der Waals surface area (Å²) in [5, 5.41) is 0. The monoisotopic (exact) mass is 440 g/mol. The summed E-state index contributed by atoms with van der Waals surface area (Å²) in [6.07, 6.45) is 0.763. The molecule has 0 aromatic heterocycles. The lowest BCUT2D eigenvalue weighted by Crippen LogP contribution is -2.44. The van der Waals surface area contributed by atoms with Crippen molar-refractivity contribution in [2.75, 3.05) is 41.0 Å². The van der Waals surface area contributed by atoms with Gasteiger partial charge in [0.2, 0.25) is 5.91 Å². The van der Waals surface area contributed by atoms with Crippen molar-refractivity contribution in [3.05, 3.63) is 59.2 Å². The molecule has 1 aliphatic rings. The van der Waals surface area contributed by atoms with Crippen molar-refractivity contribution in [2.24, 2.45) is 5.92 Å². The molecule has 1 amide bonds. The van der Waals surface area contributed by atoms with Crippen LogP contribution in [-0.4, -0.2) is 62.6 Å². The van der Waals surface area contributed by atoms with Gasteiger partial charge in [-0.1, -0.05) is 37.3 Å². The molecule has 1 unspecified atom stereocenters. The molecule has 0 fully saturated rings. The first kappa shape index (κ1) is 23.6. The number of benzene rings is 2. The fourth-order valence-electron chi connectivity index (χ4n) is 4.08. The van der Waals surface area contributed by atoms with Gasteiger partial charge in [0.25, 0.3) is 0 Å². The lowest BCUT2D eigenvalue weighted by Gasteiger charge is -2.32. The van der Waals surface area contributed by atoms with Crippen LogP contribution in [0.25, 0.3) is 0 Å². The molecule has 0 aliphatic carbocycles. The third kappa shape index (κ3) is 5.79. The Hall–Kier alpha value is -3.06. The summed E-state index contributed by atoms with van der Waals surface area (Å²) in [5.41, 5.74) is 3.34. The predicted octanol–water partition coefficient (Wildman–Crippen LogP) is 2.90. The smallest absolute Gasteiger partial charge is 0.309 e. The van der Waals surface area contributed by atoms with Crippen molar-refractivity contribution in [2.45, 2.75) is 26.4 Å². The second-order valence-corrected chi connectivity index (χ2v) is 8.12. The topological polar surface area (TPSA) is 68.3 Å². The van der Waals surface area contributed by atoms with Gasteiger partial charge >= 0.3 is 5.97 Å². The highest BCUT2D eigenvalue weighted by molar-refractivity contribution is 5.79. The minimum absolute atomic E-state index is 0.0402. The maximum atomic E-state index is 13.2. The number of methoxy groups -OCH3 is 3. The Balaban J connectivity index is 1.72. The van der Waals surface area contributed by atoms with Crippen LogP contribution in [-0.2, 0) is 33.8 Å². The molecule has 1 aliphatic heterocycles. The number of carbonyl (C=O) groups excluding carboxylic acids is 2. The molecule has 172 valence electrons. The molecule has 0 radical (unpaired) electrons. The van der Waals surface area contributed by atoms with E-state index in [4.69, 9.17) is 14.2 Å². The Morgan fingerprint density at radius 1 is 1.03 bits per heavy atom. The highest BCUT2D eigenvalue weighted by Gasteiger charge is 2.26. The number of fused-ring (bicyclic) bond motifs is 1. The third-order valence-corrected chi connectivity index (χ3v) is 5.81. The van der Waals surface area contributed by atoms with Crippen LogP contribution in [0.5, 0.6) is 11.5 Å². The van der Waals surface area contributed by atoms with E-state index < -0.39 is 0 Å². The molecule has 32 heavy (non-hydrogen) atoms. The normalized spacial score (nSPS) is 14.0. The average Bonchev–Trinajstić information content (AvgIpc) is 2.82. The number of hydrogen-bond donors (Lipinski definition) is 0. The maximum absolute atomic E-state index is 13.2. The quantitative estimate of drug-likeness (QED) is 0.559. The molecule has 2 aromatic carbocycles. The van der Waals surface area contributed by atoms with Gasteiger partial charge in [-0.05, 0) is 35.2 Å². The van der Waals surface area contributed by atoms with E-state index in [1.807, 2.05) is 59.2 Å². The highest BCUT2D eigenvalue weighted by atomic mass is 16.5. The first-order valence-electron chi connectivity index (χ1n) is 10.8. The zero-order valence-electron chi connectivity index (χ0n) is 19.3. The van der Waals surface area contributed by atoms with Crippen LogP contribution in [0.3, 0.4) is 0 Å². The maximum Gasteiger partial charge on any atom is 0.309 e. The summed E-state index contributed by atoms with van der Waals surface area (Å²) >= 11 is 0. The zero-order chi connectivity index (χ0) is 23.1. The van der Waals surface area contributed by atoms with Gasteiger partial charge < -0.3 is 19.1 Å². The van der Waals surface area contributed by atoms with Crippen molar-refractivity contribution in [3.8, 4) is 11.5 Å². The Labute approximate surface area is 189 Å².